The molecule has 58 heavy (non-hydrogen) atoms. The van der Waals surface area contributed by atoms with Crippen LogP contribution in [0.15, 0.2) is 73.2 Å². The lowest BCUT2D eigenvalue weighted by Gasteiger charge is -2.30. The molecule has 1 saturated heterocycles. The number of carbonyl (C=O) groups excluding carboxylic acids is 5. The van der Waals surface area contributed by atoms with Crippen molar-refractivity contribution in [1.82, 2.24) is 30.9 Å². The lowest BCUT2D eigenvalue weighted by atomic mass is 10.1. The van der Waals surface area contributed by atoms with Gasteiger partial charge < -0.3 is 52.4 Å². The van der Waals surface area contributed by atoms with Gasteiger partial charge in [0.25, 0.3) is 5.91 Å². The standard InChI is InChI=1S/C40H49N11O7/c1-25(2)20-34(52)48-30(4-3-14-44-39(42)55)37(53)47-29-11-7-27(8-12-29)24-58-40(56)46-21-26-5-9-28(10-6-26)31-23-45-36(41)35(49-31)38(54)50-32-22-43-15-13-33(32)51-16-18-57-19-17-51/h5-13,15,22-23,25,30H,3-4,14,16-21,24H2,1-2H3,(H2,41,45)(H,46,56)(H,47,53)(H,48,52)(H,50,54)(H3,42,44,55)/t30-/m0/s1. The first-order valence-electron chi connectivity index (χ1n) is 18.9. The fourth-order valence-corrected chi connectivity index (χ4v) is 5.94. The van der Waals surface area contributed by atoms with Crippen LogP contribution in [-0.4, -0.2) is 83.7 Å². The van der Waals surface area contributed by atoms with E-state index in [9.17, 15) is 24.0 Å². The van der Waals surface area contributed by atoms with Crippen LogP contribution in [0.4, 0.5) is 32.5 Å². The van der Waals surface area contributed by atoms with Gasteiger partial charge in [0.1, 0.15) is 12.6 Å². The molecule has 0 unspecified atom stereocenters. The number of urea groups is 1. The van der Waals surface area contributed by atoms with Crippen LogP contribution in [0, 0.1) is 5.92 Å². The number of aromatic nitrogens is 3. The molecule has 2 aromatic heterocycles. The van der Waals surface area contributed by atoms with E-state index in [2.05, 4.69) is 46.4 Å². The average molecular weight is 796 g/mol. The summed E-state index contributed by atoms with van der Waals surface area (Å²) in [5.74, 6) is -1.06. The molecule has 0 bridgehead atoms. The number of anilines is 4. The van der Waals surface area contributed by atoms with Crippen molar-refractivity contribution in [2.45, 2.75) is 52.3 Å². The van der Waals surface area contributed by atoms with Crippen molar-refractivity contribution in [3.8, 4) is 11.3 Å². The maximum Gasteiger partial charge on any atom is 0.407 e. The molecular formula is C40H49N11O7. The van der Waals surface area contributed by atoms with E-state index in [-0.39, 0.29) is 49.5 Å². The second-order valence-electron chi connectivity index (χ2n) is 13.9. The predicted octanol–water partition coefficient (Wildman–Crippen LogP) is 3.55. The molecule has 9 N–H and O–H groups in total. The number of nitrogens with two attached hydrogens (primary N) is 2. The Morgan fingerprint density at radius 2 is 1.64 bits per heavy atom. The lowest BCUT2D eigenvalue weighted by Crippen LogP contribution is -2.44. The number of rotatable bonds is 17. The molecule has 2 aromatic carbocycles. The highest BCUT2D eigenvalue weighted by atomic mass is 16.5. The topological polar surface area (TPSA) is 258 Å². The summed E-state index contributed by atoms with van der Waals surface area (Å²) < 4.78 is 10.8. The average Bonchev–Trinajstić information content (AvgIpc) is 3.21. The smallest absolute Gasteiger partial charge is 0.407 e. The van der Waals surface area contributed by atoms with Crippen molar-refractivity contribution in [2.75, 3.05) is 54.1 Å². The van der Waals surface area contributed by atoms with Crippen LogP contribution in [-0.2, 0) is 32.2 Å². The maximum absolute atomic E-state index is 13.3. The van der Waals surface area contributed by atoms with Crippen molar-refractivity contribution >= 4 is 52.7 Å². The molecule has 0 spiro atoms. The Morgan fingerprint density at radius 1 is 0.914 bits per heavy atom. The van der Waals surface area contributed by atoms with Gasteiger partial charge >= 0.3 is 12.1 Å². The molecule has 3 heterocycles. The zero-order valence-corrected chi connectivity index (χ0v) is 32.5. The van der Waals surface area contributed by atoms with E-state index in [4.69, 9.17) is 20.9 Å². The van der Waals surface area contributed by atoms with E-state index in [1.54, 1.807) is 48.8 Å². The van der Waals surface area contributed by atoms with Crippen LogP contribution in [0.1, 0.15) is 54.7 Å². The molecule has 4 aromatic rings. The number of benzene rings is 2. The third-order valence-electron chi connectivity index (χ3n) is 8.91. The van der Waals surface area contributed by atoms with E-state index in [1.165, 1.54) is 6.20 Å². The summed E-state index contributed by atoms with van der Waals surface area (Å²) in [5.41, 5.74) is 15.6. The van der Waals surface area contributed by atoms with Gasteiger partial charge in [-0.3, -0.25) is 19.4 Å². The van der Waals surface area contributed by atoms with Crippen molar-refractivity contribution in [3.05, 3.63) is 90.0 Å². The summed E-state index contributed by atoms with van der Waals surface area (Å²) in [4.78, 5) is 77.3. The summed E-state index contributed by atoms with van der Waals surface area (Å²) >= 11 is 0. The molecule has 1 aliphatic heterocycles. The van der Waals surface area contributed by atoms with Crippen molar-refractivity contribution < 1.29 is 33.4 Å². The van der Waals surface area contributed by atoms with E-state index in [0.29, 0.717) is 67.3 Å². The first kappa shape index (κ1) is 42.3. The Bertz CT molecular complexity index is 2040. The molecule has 0 radical (unpaired) electrons. The minimum atomic E-state index is -0.810. The predicted molar refractivity (Wildman–Crippen MR) is 217 cm³/mol. The lowest BCUT2D eigenvalue weighted by molar-refractivity contribution is -0.127. The molecule has 5 rings (SSSR count). The monoisotopic (exact) mass is 795 g/mol. The minimum Gasteiger partial charge on any atom is -0.445 e. The molecule has 306 valence electrons. The van der Waals surface area contributed by atoms with Crippen LogP contribution in [0.2, 0.25) is 0 Å². The van der Waals surface area contributed by atoms with Crippen molar-refractivity contribution in [2.24, 2.45) is 11.7 Å². The first-order valence-corrected chi connectivity index (χ1v) is 18.9. The van der Waals surface area contributed by atoms with Gasteiger partial charge in [0.15, 0.2) is 11.5 Å². The summed E-state index contributed by atoms with van der Waals surface area (Å²) in [6.45, 7) is 6.80. The fourth-order valence-electron chi connectivity index (χ4n) is 5.94. The normalized spacial score (nSPS) is 12.9. The second-order valence-corrected chi connectivity index (χ2v) is 13.9. The van der Waals surface area contributed by atoms with Gasteiger partial charge in [0, 0.05) is 50.0 Å². The fraction of sp³-hybridized carbons (Fsp3) is 0.350. The van der Waals surface area contributed by atoms with Crippen LogP contribution in [0.3, 0.4) is 0 Å². The summed E-state index contributed by atoms with van der Waals surface area (Å²) in [6, 6.07) is 14.3. The van der Waals surface area contributed by atoms with Gasteiger partial charge in [-0.25, -0.2) is 19.6 Å². The highest BCUT2D eigenvalue weighted by molar-refractivity contribution is 6.07. The highest BCUT2D eigenvalue weighted by Crippen LogP contribution is 2.27. The number of primary amides is 1. The van der Waals surface area contributed by atoms with Crippen molar-refractivity contribution in [1.29, 1.82) is 0 Å². The molecule has 1 atom stereocenters. The number of pyridine rings is 1. The van der Waals surface area contributed by atoms with Gasteiger partial charge in [-0.15, -0.1) is 0 Å². The van der Waals surface area contributed by atoms with Crippen molar-refractivity contribution in [3.63, 3.8) is 0 Å². The Hall–Kier alpha value is -6.82. The first-order chi connectivity index (χ1) is 27.9. The van der Waals surface area contributed by atoms with Gasteiger partial charge in [0.05, 0.1) is 42.7 Å². The third kappa shape index (κ3) is 12.9. The minimum absolute atomic E-state index is 0.0131. The van der Waals surface area contributed by atoms with Crippen LogP contribution < -0.4 is 43.0 Å². The number of morpholine rings is 1. The van der Waals surface area contributed by atoms with Gasteiger partial charge in [-0.2, -0.15) is 0 Å². The van der Waals surface area contributed by atoms with Crippen LogP contribution >= 0.6 is 0 Å². The zero-order valence-electron chi connectivity index (χ0n) is 32.5. The Balaban J connectivity index is 1.09. The summed E-state index contributed by atoms with van der Waals surface area (Å²) in [6.07, 6.45) is 5.10. The second kappa shape index (κ2) is 20.9. The van der Waals surface area contributed by atoms with E-state index >= 15 is 0 Å². The van der Waals surface area contributed by atoms with Gasteiger partial charge in [-0.05, 0) is 48.1 Å². The van der Waals surface area contributed by atoms with E-state index in [0.717, 1.165) is 11.3 Å². The highest BCUT2D eigenvalue weighted by Gasteiger charge is 2.22. The maximum atomic E-state index is 13.3. The Labute approximate surface area is 335 Å². The molecule has 18 heteroatoms. The molecule has 0 aliphatic carbocycles. The number of alkyl carbamates (subject to hydrolysis) is 1. The van der Waals surface area contributed by atoms with Gasteiger partial charge in [-0.1, -0.05) is 50.2 Å². The van der Waals surface area contributed by atoms with Gasteiger partial charge in [0.2, 0.25) is 11.8 Å². The number of nitrogens with zero attached hydrogens (tertiary/aromatic N) is 4. The summed E-state index contributed by atoms with van der Waals surface area (Å²) in [7, 11) is 0. The van der Waals surface area contributed by atoms with E-state index in [1.807, 2.05) is 32.0 Å². The zero-order chi connectivity index (χ0) is 41.4. The van der Waals surface area contributed by atoms with Crippen LogP contribution in [0.25, 0.3) is 11.3 Å². The number of amides is 6. The largest absolute Gasteiger partial charge is 0.445 e. The van der Waals surface area contributed by atoms with E-state index < -0.39 is 30.0 Å². The molecule has 18 nitrogen and oxygen atoms in total. The molecule has 1 aliphatic rings. The molecule has 6 amide bonds. The molecule has 0 saturated carbocycles. The third-order valence-corrected chi connectivity index (χ3v) is 8.91. The SMILES string of the molecule is CC(C)CC(=O)N[C@@H](CCCNC(N)=O)C(=O)Nc1ccc(COC(=O)NCc2ccc(-c3cnc(N)c(C(=O)Nc4cnccc4N4CCOCC4)n3)cc2)cc1. The number of hydrogen-bond donors (Lipinski definition) is 7. The number of nitrogens with one attached hydrogen (secondary N) is 5. The quantitative estimate of drug-likeness (QED) is 0.0758. The molecule has 1 fully saturated rings. The molecular weight excluding hydrogens is 747 g/mol. The Kier molecular flexibility index (Phi) is 15.3. The number of nitrogen functional groups attached to an aromatic ring is 1. The summed E-state index contributed by atoms with van der Waals surface area (Å²) in [5, 5.41) is 13.6. The van der Waals surface area contributed by atoms with Crippen LogP contribution in [0.5, 0.6) is 0 Å². The number of carbonyl (C=O) groups is 5. The number of ether oxygens (including phenoxy) is 2. The Morgan fingerprint density at radius 3 is 2.34 bits per heavy atom. The number of hydrogen-bond acceptors (Lipinski definition) is 12.